The molecule has 2 atom stereocenters. The Morgan fingerprint density at radius 3 is 2.88 bits per heavy atom. The van der Waals surface area contributed by atoms with E-state index in [0.29, 0.717) is 19.4 Å². The second-order valence-corrected chi connectivity index (χ2v) is 6.52. The SMILES string of the molecule is CC(CN1CCCC1=O)NC(=O)[C@@H](N)Cc1c[nH]c2ccccc12.Cl. The van der Waals surface area contributed by atoms with Gasteiger partial charge in [-0.15, -0.1) is 12.4 Å². The highest BCUT2D eigenvalue weighted by Crippen LogP contribution is 2.18. The number of aromatic amines is 1. The number of carbonyl (C=O) groups is 2. The van der Waals surface area contributed by atoms with Crippen LogP contribution >= 0.6 is 12.4 Å². The third kappa shape index (κ3) is 4.52. The molecule has 7 heteroatoms. The number of halogens is 1. The number of H-pyrrole nitrogens is 1. The Morgan fingerprint density at radius 1 is 1.40 bits per heavy atom. The van der Waals surface area contributed by atoms with E-state index < -0.39 is 6.04 Å². The molecule has 1 aromatic heterocycles. The van der Waals surface area contributed by atoms with Gasteiger partial charge in [-0.1, -0.05) is 18.2 Å². The van der Waals surface area contributed by atoms with Crippen molar-refractivity contribution in [3.05, 3.63) is 36.0 Å². The minimum Gasteiger partial charge on any atom is -0.361 e. The Morgan fingerprint density at radius 2 is 2.16 bits per heavy atom. The molecule has 0 aliphatic carbocycles. The van der Waals surface area contributed by atoms with Gasteiger partial charge in [0.25, 0.3) is 0 Å². The maximum Gasteiger partial charge on any atom is 0.237 e. The molecule has 2 aromatic rings. The number of rotatable bonds is 6. The molecule has 1 aliphatic rings. The Labute approximate surface area is 153 Å². The monoisotopic (exact) mass is 364 g/mol. The van der Waals surface area contributed by atoms with Gasteiger partial charge in [0.1, 0.15) is 0 Å². The predicted octanol–water partition coefficient (Wildman–Crippen LogP) is 1.59. The molecule has 1 aliphatic heterocycles. The number of carbonyl (C=O) groups excluding carboxylic acids is 2. The van der Waals surface area contributed by atoms with E-state index in [2.05, 4.69) is 10.3 Å². The Kier molecular flexibility index (Phi) is 6.45. The summed E-state index contributed by atoms with van der Waals surface area (Å²) < 4.78 is 0. The molecular formula is C18H25ClN4O2. The summed E-state index contributed by atoms with van der Waals surface area (Å²) in [6.45, 7) is 3.23. The number of hydrogen-bond acceptors (Lipinski definition) is 3. The van der Waals surface area contributed by atoms with Gasteiger partial charge < -0.3 is 20.9 Å². The van der Waals surface area contributed by atoms with Crippen LogP contribution in [0.4, 0.5) is 0 Å². The quantitative estimate of drug-likeness (QED) is 0.726. The highest BCUT2D eigenvalue weighted by Gasteiger charge is 2.24. The molecule has 6 nitrogen and oxygen atoms in total. The van der Waals surface area contributed by atoms with E-state index in [-0.39, 0.29) is 30.3 Å². The lowest BCUT2D eigenvalue weighted by atomic mass is 10.0. The van der Waals surface area contributed by atoms with Crippen molar-refractivity contribution < 1.29 is 9.59 Å². The van der Waals surface area contributed by atoms with Gasteiger partial charge in [-0.2, -0.15) is 0 Å². The van der Waals surface area contributed by atoms with Gasteiger partial charge >= 0.3 is 0 Å². The first-order valence-electron chi connectivity index (χ1n) is 8.43. The summed E-state index contributed by atoms with van der Waals surface area (Å²) >= 11 is 0. The van der Waals surface area contributed by atoms with Crippen molar-refractivity contribution in [1.29, 1.82) is 0 Å². The summed E-state index contributed by atoms with van der Waals surface area (Å²) in [5.41, 5.74) is 8.16. The van der Waals surface area contributed by atoms with Crippen LogP contribution in [0.2, 0.25) is 0 Å². The fourth-order valence-electron chi connectivity index (χ4n) is 3.25. The molecule has 1 fully saturated rings. The molecule has 3 rings (SSSR count). The maximum atomic E-state index is 12.3. The Hall–Kier alpha value is -2.05. The average molecular weight is 365 g/mol. The molecule has 0 radical (unpaired) electrons. The van der Waals surface area contributed by atoms with Crippen LogP contribution in [0.1, 0.15) is 25.3 Å². The van der Waals surface area contributed by atoms with Crippen molar-refractivity contribution in [2.24, 2.45) is 5.73 Å². The molecule has 136 valence electrons. The lowest BCUT2D eigenvalue weighted by Gasteiger charge is -2.23. The highest BCUT2D eigenvalue weighted by atomic mass is 35.5. The molecule has 1 saturated heterocycles. The number of benzene rings is 1. The van der Waals surface area contributed by atoms with Crippen molar-refractivity contribution in [3.63, 3.8) is 0 Å². The number of nitrogens with zero attached hydrogens (tertiary/aromatic N) is 1. The van der Waals surface area contributed by atoms with Gasteiger partial charge in [0.2, 0.25) is 11.8 Å². The molecule has 0 spiro atoms. The van der Waals surface area contributed by atoms with Crippen LogP contribution in [-0.2, 0) is 16.0 Å². The summed E-state index contributed by atoms with van der Waals surface area (Å²) in [4.78, 5) is 29.0. The van der Waals surface area contributed by atoms with Gasteiger partial charge in [-0.25, -0.2) is 0 Å². The zero-order chi connectivity index (χ0) is 17.1. The molecule has 1 unspecified atom stereocenters. The van der Waals surface area contributed by atoms with Crippen LogP contribution in [0.3, 0.4) is 0 Å². The second-order valence-electron chi connectivity index (χ2n) is 6.52. The smallest absolute Gasteiger partial charge is 0.237 e. The third-order valence-corrected chi connectivity index (χ3v) is 4.51. The van der Waals surface area contributed by atoms with Crippen molar-refractivity contribution in [1.82, 2.24) is 15.2 Å². The van der Waals surface area contributed by atoms with Crippen LogP contribution in [0.25, 0.3) is 10.9 Å². The van der Waals surface area contributed by atoms with Gasteiger partial charge in [-0.3, -0.25) is 9.59 Å². The largest absolute Gasteiger partial charge is 0.361 e. The highest BCUT2D eigenvalue weighted by molar-refractivity contribution is 5.86. The van der Waals surface area contributed by atoms with Crippen LogP contribution in [0, 0.1) is 0 Å². The Bertz CT molecular complexity index is 746. The van der Waals surface area contributed by atoms with Crippen molar-refractivity contribution >= 4 is 35.1 Å². The molecule has 2 amide bonds. The summed E-state index contributed by atoms with van der Waals surface area (Å²) in [6, 6.07) is 7.25. The molecule has 4 N–H and O–H groups in total. The number of fused-ring (bicyclic) bond motifs is 1. The van der Waals surface area contributed by atoms with Gasteiger partial charge in [0.05, 0.1) is 6.04 Å². The number of hydrogen-bond donors (Lipinski definition) is 3. The van der Waals surface area contributed by atoms with Crippen molar-refractivity contribution in [2.75, 3.05) is 13.1 Å². The first-order valence-corrected chi connectivity index (χ1v) is 8.43. The molecule has 25 heavy (non-hydrogen) atoms. The second kappa shape index (κ2) is 8.36. The zero-order valence-electron chi connectivity index (χ0n) is 14.3. The topological polar surface area (TPSA) is 91.2 Å². The lowest BCUT2D eigenvalue weighted by Crippen LogP contribution is -2.49. The number of likely N-dealkylation sites (tertiary alicyclic amines) is 1. The summed E-state index contributed by atoms with van der Waals surface area (Å²) in [7, 11) is 0. The standard InChI is InChI=1S/C18H24N4O2.ClH/c1-12(11-22-8-4-7-17(22)23)21-18(24)15(19)9-13-10-20-16-6-3-2-5-14(13)16;/h2-3,5-6,10,12,15,20H,4,7-9,11,19H2,1H3,(H,21,24);1H/t12?,15-;/m0./s1. The van der Waals surface area contributed by atoms with E-state index in [4.69, 9.17) is 5.73 Å². The third-order valence-electron chi connectivity index (χ3n) is 4.51. The molecular weight excluding hydrogens is 340 g/mol. The van der Waals surface area contributed by atoms with Gasteiger partial charge in [0, 0.05) is 42.7 Å². The minimum atomic E-state index is -0.610. The fraction of sp³-hybridized carbons (Fsp3) is 0.444. The summed E-state index contributed by atoms with van der Waals surface area (Å²) in [5, 5.41) is 4.01. The van der Waals surface area contributed by atoms with E-state index in [1.54, 1.807) is 4.90 Å². The maximum absolute atomic E-state index is 12.3. The molecule has 0 saturated carbocycles. The normalized spacial score (nSPS) is 16.6. The number of nitrogens with two attached hydrogens (primary N) is 1. The van der Waals surface area contributed by atoms with E-state index in [1.807, 2.05) is 37.4 Å². The summed E-state index contributed by atoms with van der Waals surface area (Å²) in [6.07, 6.45) is 3.90. The Balaban J connectivity index is 0.00000225. The van der Waals surface area contributed by atoms with E-state index >= 15 is 0 Å². The van der Waals surface area contributed by atoms with Crippen molar-refractivity contribution in [3.8, 4) is 0 Å². The first-order chi connectivity index (χ1) is 11.5. The van der Waals surface area contributed by atoms with Crippen LogP contribution in [0.15, 0.2) is 30.5 Å². The number of nitrogens with one attached hydrogen (secondary N) is 2. The van der Waals surface area contributed by atoms with Crippen molar-refractivity contribution in [2.45, 2.75) is 38.3 Å². The minimum absolute atomic E-state index is 0. The van der Waals surface area contributed by atoms with Crippen LogP contribution in [0.5, 0.6) is 0 Å². The fourth-order valence-corrected chi connectivity index (χ4v) is 3.25. The average Bonchev–Trinajstić information content (AvgIpc) is 3.14. The molecule has 1 aromatic carbocycles. The molecule has 0 bridgehead atoms. The summed E-state index contributed by atoms with van der Waals surface area (Å²) in [5.74, 6) is -0.0152. The molecule has 2 heterocycles. The van der Waals surface area contributed by atoms with E-state index in [0.717, 1.165) is 29.4 Å². The zero-order valence-corrected chi connectivity index (χ0v) is 15.1. The van der Waals surface area contributed by atoms with E-state index in [9.17, 15) is 9.59 Å². The predicted molar refractivity (Wildman–Crippen MR) is 101 cm³/mol. The van der Waals surface area contributed by atoms with Gasteiger partial charge in [0.15, 0.2) is 0 Å². The van der Waals surface area contributed by atoms with E-state index in [1.165, 1.54) is 0 Å². The van der Waals surface area contributed by atoms with Gasteiger partial charge in [-0.05, 0) is 31.4 Å². The lowest BCUT2D eigenvalue weighted by molar-refractivity contribution is -0.129. The first kappa shape index (κ1) is 19.3. The number of aromatic nitrogens is 1. The van der Waals surface area contributed by atoms with Crippen LogP contribution in [-0.4, -0.2) is 46.9 Å². The van der Waals surface area contributed by atoms with Crippen LogP contribution < -0.4 is 11.1 Å². The number of amides is 2. The number of para-hydroxylation sites is 1.